The van der Waals surface area contributed by atoms with Crippen molar-refractivity contribution >= 4 is 16.6 Å². The van der Waals surface area contributed by atoms with Gasteiger partial charge in [-0.3, -0.25) is 4.79 Å². The molecule has 0 fully saturated rings. The van der Waals surface area contributed by atoms with Crippen LogP contribution in [-0.4, -0.2) is 12.4 Å². The van der Waals surface area contributed by atoms with Crippen LogP contribution in [-0.2, 0) is 0 Å². The molecular weight excluding hydrogens is 224 g/mol. The number of benzene rings is 2. The highest BCUT2D eigenvalue weighted by Gasteiger charge is 2.12. The van der Waals surface area contributed by atoms with Crippen LogP contribution < -0.4 is 4.74 Å². The quantitative estimate of drug-likeness (QED) is 0.755. The van der Waals surface area contributed by atoms with E-state index in [4.69, 9.17) is 4.74 Å². The topological polar surface area (TPSA) is 26.3 Å². The summed E-state index contributed by atoms with van der Waals surface area (Å²) in [5.74, 6) is 1.19. The van der Waals surface area contributed by atoms with Gasteiger partial charge in [-0.2, -0.15) is 0 Å². The zero-order valence-corrected chi connectivity index (χ0v) is 11.1. The van der Waals surface area contributed by atoms with Crippen LogP contribution >= 0.6 is 0 Å². The van der Waals surface area contributed by atoms with Crippen LogP contribution in [0.1, 0.15) is 31.1 Å². The Kier molecular flexibility index (Phi) is 3.66. The van der Waals surface area contributed by atoms with Crippen LogP contribution in [0.15, 0.2) is 36.4 Å². The third kappa shape index (κ3) is 2.53. The summed E-state index contributed by atoms with van der Waals surface area (Å²) in [4.78, 5) is 11.7. The van der Waals surface area contributed by atoms with Crippen molar-refractivity contribution in [3.63, 3.8) is 0 Å². The van der Waals surface area contributed by atoms with Gasteiger partial charge in [0.15, 0.2) is 5.78 Å². The Balaban J connectivity index is 2.55. The highest BCUT2D eigenvalue weighted by Crippen LogP contribution is 2.30. The molecule has 2 heteroatoms. The van der Waals surface area contributed by atoms with E-state index in [1.54, 1.807) is 6.92 Å². The van der Waals surface area contributed by atoms with Gasteiger partial charge in [0.25, 0.3) is 0 Å². The van der Waals surface area contributed by atoms with Crippen LogP contribution in [0, 0.1) is 5.92 Å². The third-order valence-corrected chi connectivity index (χ3v) is 2.82. The van der Waals surface area contributed by atoms with Crippen LogP contribution in [0.2, 0.25) is 0 Å². The Bertz CT molecular complexity index is 570. The fourth-order valence-corrected chi connectivity index (χ4v) is 1.93. The lowest BCUT2D eigenvalue weighted by molar-refractivity contribution is 0.101. The molecule has 0 aliphatic carbocycles. The van der Waals surface area contributed by atoms with Crippen molar-refractivity contribution in [1.29, 1.82) is 0 Å². The summed E-state index contributed by atoms with van der Waals surface area (Å²) in [5.41, 5.74) is 0.661. The highest BCUT2D eigenvalue weighted by atomic mass is 16.5. The Labute approximate surface area is 108 Å². The number of ketones is 1. The maximum atomic E-state index is 11.7. The average Bonchev–Trinajstić information content (AvgIpc) is 2.35. The van der Waals surface area contributed by atoms with Crippen LogP contribution in [0.3, 0.4) is 0 Å². The third-order valence-electron chi connectivity index (χ3n) is 2.82. The molecule has 0 atom stereocenters. The monoisotopic (exact) mass is 242 g/mol. The summed E-state index contributed by atoms with van der Waals surface area (Å²) < 4.78 is 5.85. The lowest BCUT2D eigenvalue weighted by Gasteiger charge is -2.14. The molecule has 0 aliphatic rings. The molecular formula is C16H18O2. The summed E-state index contributed by atoms with van der Waals surface area (Å²) in [7, 11) is 0. The molecule has 94 valence electrons. The van der Waals surface area contributed by atoms with Crippen molar-refractivity contribution in [2.75, 3.05) is 6.61 Å². The Morgan fingerprint density at radius 2 is 1.89 bits per heavy atom. The molecule has 0 radical (unpaired) electrons. The van der Waals surface area contributed by atoms with Crippen LogP contribution in [0.25, 0.3) is 10.8 Å². The first-order chi connectivity index (χ1) is 8.59. The molecule has 0 bridgehead atoms. The Hall–Kier alpha value is -1.83. The second-order valence-corrected chi connectivity index (χ2v) is 4.92. The van der Waals surface area contributed by atoms with Gasteiger partial charge in [0.05, 0.1) is 12.2 Å². The van der Waals surface area contributed by atoms with Crippen molar-refractivity contribution in [1.82, 2.24) is 0 Å². The standard InChI is InChI=1S/C16H18O2/c1-11(2)10-18-16-14(12(3)17)9-8-13-6-4-5-7-15(13)16/h4-9,11H,10H2,1-3H3. The predicted molar refractivity (Wildman–Crippen MR) is 74.3 cm³/mol. The normalized spacial score (nSPS) is 10.9. The van der Waals surface area contributed by atoms with E-state index in [2.05, 4.69) is 13.8 Å². The van der Waals surface area contributed by atoms with Gasteiger partial charge in [-0.1, -0.05) is 44.2 Å². The van der Waals surface area contributed by atoms with Crippen LogP contribution in [0.4, 0.5) is 0 Å². The smallest absolute Gasteiger partial charge is 0.163 e. The molecule has 2 nitrogen and oxygen atoms in total. The summed E-state index contributed by atoms with van der Waals surface area (Å²) in [6.07, 6.45) is 0. The first kappa shape index (κ1) is 12.6. The molecule has 0 amide bonds. The molecule has 0 saturated heterocycles. The van der Waals surface area contributed by atoms with E-state index >= 15 is 0 Å². The van der Waals surface area contributed by atoms with E-state index in [1.165, 1.54) is 0 Å². The lowest BCUT2D eigenvalue weighted by Crippen LogP contribution is -2.08. The second-order valence-electron chi connectivity index (χ2n) is 4.92. The molecule has 0 aromatic heterocycles. The number of Topliss-reactive ketones (excluding diaryl/α,β-unsaturated/α-hetero) is 1. The largest absolute Gasteiger partial charge is 0.492 e. The van der Waals surface area contributed by atoms with Gasteiger partial charge in [-0.05, 0) is 24.3 Å². The fourth-order valence-electron chi connectivity index (χ4n) is 1.93. The first-order valence-corrected chi connectivity index (χ1v) is 6.25. The molecule has 0 saturated carbocycles. The molecule has 0 spiro atoms. The molecule has 0 unspecified atom stereocenters. The SMILES string of the molecule is CC(=O)c1ccc2ccccc2c1OCC(C)C. The molecule has 2 aromatic carbocycles. The molecule has 0 N–H and O–H groups in total. The van der Waals surface area contributed by atoms with Gasteiger partial charge >= 0.3 is 0 Å². The van der Waals surface area contributed by atoms with E-state index in [0.717, 1.165) is 10.8 Å². The Morgan fingerprint density at radius 1 is 1.17 bits per heavy atom. The second kappa shape index (κ2) is 5.21. The minimum atomic E-state index is 0.0412. The molecule has 18 heavy (non-hydrogen) atoms. The number of ether oxygens (including phenoxy) is 1. The van der Waals surface area contributed by atoms with Gasteiger partial charge in [0.2, 0.25) is 0 Å². The number of hydrogen-bond donors (Lipinski definition) is 0. The van der Waals surface area contributed by atoms with Crippen molar-refractivity contribution in [3.05, 3.63) is 42.0 Å². The first-order valence-electron chi connectivity index (χ1n) is 6.25. The van der Waals surface area contributed by atoms with Gasteiger partial charge < -0.3 is 4.74 Å². The van der Waals surface area contributed by atoms with Gasteiger partial charge in [-0.25, -0.2) is 0 Å². The zero-order chi connectivity index (χ0) is 13.1. The number of carbonyl (C=O) groups is 1. The summed E-state index contributed by atoms with van der Waals surface area (Å²) >= 11 is 0. The molecule has 2 aromatic rings. The fraction of sp³-hybridized carbons (Fsp3) is 0.312. The van der Waals surface area contributed by atoms with Crippen LogP contribution in [0.5, 0.6) is 5.75 Å². The van der Waals surface area contributed by atoms with Gasteiger partial charge in [-0.15, -0.1) is 0 Å². The van der Waals surface area contributed by atoms with Crippen molar-refractivity contribution in [3.8, 4) is 5.75 Å². The molecule has 0 heterocycles. The van der Waals surface area contributed by atoms with Gasteiger partial charge in [0, 0.05) is 5.39 Å². The van der Waals surface area contributed by atoms with E-state index in [9.17, 15) is 4.79 Å². The maximum Gasteiger partial charge on any atom is 0.163 e. The van der Waals surface area contributed by atoms with Crippen molar-refractivity contribution in [2.45, 2.75) is 20.8 Å². The number of rotatable bonds is 4. The Morgan fingerprint density at radius 3 is 2.56 bits per heavy atom. The average molecular weight is 242 g/mol. The highest BCUT2D eigenvalue weighted by molar-refractivity contribution is 6.03. The van der Waals surface area contributed by atoms with Gasteiger partial charge in [0.1, 0.15) is 5.75 Å². The van der Waals surface area contributed by atoms with E-state index in [0.29, 0.717) is 23.8 Å². The van der Waals surface area contributed by atoms with E-state index in [1.807, 2.05) is 36.4 Å². The van der Waals surface area contributed by atoms with Crippen molar-refractivity contribution < 1.29 is 9.53 Å². The minimum absolute atomic E-state index is 0.0412. The zero-order valence-electron chi connectivity index (χ0n) is 11.1. The van der Waals surface area contributed by atoms with E-state index < -0.39 is 0 Å². The predicted octanol–water partition coefficient (Wildman–Crippen LogP) is 4.08. The molecule has 0 aliphatic heterocycles. The maximum absolute atomic E-state index is 11.7. The summed E-state index contributed by atoms with van der Waals surface area (Å²) in [6.45, 7) is 6.39. The molecule has 2 rings (SSSR count). The minimum Gasteiger partial charge on any atom is -0.492 e. The van der Waals surface area contributed by atoms with E-state index in [-0.39, 0.29) is 5.78 Å². The van der Waals surface area contributed by atoms with Crippen molar-refractivity contribution in [2.24, 2.45) is 5.92 Å². The lowest BCUT2D eigenvalue weighted by atomic mass is 10.0. The number of carbonyl (C=O) groups excluding carboxylic acids is 1. The number of hydrogen-bond acceptors (Lipinski definition) is 2. The number of fused-ring (bicyclic) bond motifs is 1. The summed E-state index contributed by atoms with van der Waals surface area (Å²) in [6, 6.07) is 11.8. The summed E-state index contributed by atoms with van der Waals surface area (Å²) in [5, 5.41) is 2.10.